The van der Waals surface area contributed by atoms with E-state index in [2.05, 4.69) is 5.32 Å². The summed E-state index contributed by atoms with van der Waals surface area (Å²) in [6, 6.07) is 3.36. The van der Waals surface area contributed by atoms with E-state index in [1.54, 1.807) is 0 Å². The predicted molar refractivity (Wildman–Crippen MR) is 63.1 cm³/mol. The van der Waals surface area contributed by atoms with Gasteiger partial charge in [0.05, 0.1) is 12.2 Å². The van der Waals surface area contributed by atoms with Gasteiger partial charge in [-0.1, -0.05) is 6.07 Å². The minimum absolute atomic E-state index is 0.0928. The predicted octanol–water partition coefficient (Wildman–Crippen LogP) is 1.77. The number of ether oxygens (including phenoxy) is 1. The molecule has 1 aliphatic rings. The van der Waals surface area contributed by atoms with E-state index in [0.29, 0.717) is 6.61 Å². The van der Waals surface area contributed by atoms with Crippen LogP contribution in [0.3, 0.4) is 0 Å². The van der Waals surface area contributed by atoms with Gasteiger partial charge in [0.15, 0.2) is 0 Å². The van der Waals surface area contributed by atoms with Crippen LogP contribution in [0.5, 0.6) is 0 Å². The van der Waals surface area contributed by atoms with Crippen molar-refractivity contribution in [1.29, 1.82) is 0 Å². The van der Waals surface area contributed by atoms with Crippen LogP contribution in [0, 0.1) is 11.6 Å². The van der Waals surface area contributed by atoms with Crippen LogP contribution < -0.4 is 5.32 Å². The number of halogens is 2. The third-order valence-corrected chi connectivity index (χ3v) is 3.27. The highest BCUT2D eigenvalue weighted by atomic mass is 19.1. The van der Waals surface area contributed by atoms with Crippen LogP contribution in [0.25, 0.3) is 0 Å². The molecule has 1 saturated heterocycles. The van der Waals surface area contributed by atoms with Gasteiger partial charge in [-0.25, -0.2) is 8.78 Å². The third-order valence-electron chi connectivity index (χ3n) is 3.27. The van der Waals surface area contributed by atoms with Crippen molar-refractivity contribution in [1.82, 2.24) is 5.32 Å². The molecule has 0 amide bonds. The molecule has 1 aromatic rings. The molecule has 2 rings (SSSR count). The highest BCUT2D eigenvalue weighted by molar-refractivity contribution is 5.21. The number of hydrogen-bond acceptors (Lipinski definition) is 3. The third kappa shape index (κ3) is 3.04. The Morgan fingerprint density at radius 3 is 2.89 bits per heavy atom. The molecular weight excluding hydrogens is 240 g/mol. The fourth-order valence-electron chi connectivity index (χ4n) is 2.14. The van der Waals surface area contributed by atoms with Crippen molar-refractivity contribution in [2.45, 2.75) is 31.6 Å². The molecule has 1 aromatic carbocycles. The summed E-state index contributed by atoms with van der Waals surface area (Å²) in [6.45, 7) is 2.87. The fourth-order valence-corrected chi connectivity index (χ4v) is 2.14. The molecule has 0 radical (unpaired) electrons. The molecule has 5 heteroatoms. The summed E-state index contributed by atoms with van der Waals surface area (Å²) in [5.41, 5.74) is 0.107. The Morgan fingerprint density at radius 1 is 1.50 bits per heavy atom. The van der Waals surface area contributed by atoms with Gasteiger partial charge in [0.1, 0.15) is 11.6 Å². The van der Waals surface area contributed by atoms with Crippen LogP contribution in [0.4, 0.5) is 8.78 Å². The quantitative estimate of drug-likeness (QED) is 0.863. The van der Waals surface area contributed by atoms with Crippen LogP contribution in [-0.4, -0.2) is 30.4 Å². The van der Waals surface area contributed by atoms with Crippen molar-refractivity contribution in [2.24, 2.45) is 0 Å². The summed E-state index contributed by atoms with van der Waals surface area (Å²) < 4.78 is 31.5. The van der Waals surface area contributed by atoms with Gasteiger partial charge < -0.3 is 15.2 Å². The van der Waals surface area contributed by atoms with Crippen molar-refractivity contribution in [2.75, 3.05) is 13.2 Å². The van der Waals surface area contributed by atoms with Crippen molar-refractivity contribution >= 4 is 0 Å². The molecule has 100 valence electrons. The van der Waals surface area contributed by atoms with Crippen molar-refractivity contribution in [3.63, 3.8) is 0 Å². The Morgan fingerprint density at radius 2 is 2.28 bits per heavy atom. The number of nitrogens with one attached hydrogen (secondary N) is 1. The maximum absolute atomic E-state index is 13.4. The highest BCUT2D eigenvalue weighted by Crippen LogP contribution is 2.19. The van der Waals surface area contributed by atoms with Gasteiger partial charge in [0.2, 0.25) is 0 Å². The Hall–Kier alpha value is -1.04. The molecule has 0 saturated carbocycles. The van der Waals surface area contributed by atoms with Crippen molar-refractivity contribution in [3.05, 3.63) is 35.4 Å². The lowest BCUT2D eigenvalue weighted by Crippen LogP contribution is -2.37. The van der Waals surface area contributed by atoms with Crippen molar-refractivity contribution in [3.8, 4) is 0 Å². The molecule has 3 unspecified atom stereocenters. The van der Waals surface area contributed by atoms with Crippen LogP contribution in [-0.2, 0) is 4.74 Å². The minimum atomic E-state index is -0.988. The first kappa shape index (κ1) is 13.4. The van der Waals surface area contributed by atoms with E-state index < -0.39 is 17.7 Å². The van der Waals surface area contributed by atoms with E-state index in [1.165, 1.54) is 6.07 Å². The molecule has 1 fully saturated rings. The largest absolute Gasteiger partial charge is 0.387 e. The number of hydrogen-bond donors (Lipinski definition) is 2. The van der Waals surface area contributed by atoms with Crippen LogP contribution in [0.2, 0.25) is 0 Å². The zero-order valence-electron chi connectivity index (χ0n) is 10.2. The van der Waals surface area contributed by atoms with Gasteiger partial charge in [-0.3, -0.25) is 0 Å². The molecule has 2 N–H and O–H groups in total. The molecular formula is C13H17F2NO2. The molecule has 18 heavy (non-hydrogen) atoms. The topological polar surface area (TPSA) is 41.5 Å². The van der Waals surface area contributed by atoms with E-state index in [-0.39, 0.29) is 24.3 Å². The zero-order valence-corrected chi connectivity index (χ0v) is 10.2. The number of benzene rings is 1. The normalized spacial score (nSPS) is 25.3. The molecule has 0 aliphatic carbocycles. The van der Waals surface area contributed by atoms with Gasteiger partial charge in [0, 0.05) is 30.8 Å². The van der Waals surface area contributed by atoms with Gasteiger partial charge in [-0.15, -0.1) is 0 Å². The lowest BCUT2D eigenvalue weighted by Gasteiger charge is -2.19. The average Bonchev–Trinajstić information content (AvgIpc) is 2.72. The summed E-state index contributed by atoms with van der Waals surface area (Å²) in [6.07, 6.45) is -0.0200. The molecule has 0 aromatic heterocycles. The Bertz CT molecular complexity index is 414. The minimum Gasteiger partial charge on any atom is -0.387 e. The Balaban J connectivity index is 1.93. The van der Waals surface area contributed by atoms with E-state index in [4.69, 9.17) is 4.74 Å². The molecule has 1 aliphatic heterocycles. The summed E-state index contributed by atoms with van der Waals surface area (Å²) in [4.78, 5) is 0. The lowest BCUT2D eigenvalue weighted by atomic mass is 10.1. The maximum atomic E-state index is 13.4. The number of aliphatic hydroxyl groups excluding tert-OH is 1. The van der Waals surface area contributed by atoms with E-state index in [1.807, 2.05) is 6.92 Å². The van der Waals surface area contributed by atoms with Gasteiger partial charge in [-0.2, -0.15) is 0 Å². The molecule has 1 heterocycles. The van der Waals surface area contributed by atoms with Crippen molar-refractivity contribution < 1.29 is 18.6 Å². The van der Waals surface area contributed by atoms with Gasteiger partial charge >= 0.3 is 0 Å². The summed E-state index contributed by atoms with van der Waals surface area (Å²) >= 11 is 0. The first-order valence-corrected chi connectivity index (χ1v) is 6.06. The lowest BCUT2D eigenvalue weighted by molar-refractivity contribution is 0.106. The summed E-state index contributed by atoms with van der Waals surface area (Å²) in [7, 11) is 0. The average molecular weight is 257 g/mol. The van der Waals surface area contributed by atoms with Gasteiger partial charge in [-0.05, 0) is 19.4 Å². The highest BCUT2D eigenvalue weighted by Gasteiger charge is 2.24. The molecule has 3 atom stereocenters. The number of aliphatic hydroxyl groups is 1. The maximum Gasteiger partial charge on any atom is 0.131 e. The SMILES string of the molecule is CC1OCCC1NCC(O)c1ccc(F)cc1F. The van der Waals surface area contributed by atoms with E-state index >= 15 is 0 Å². The number of rotatable bonds is 4. The Kier molecular flexibility index (Phi) is 4.27. The smallest absolute Gasteiger partial charge is 0.131 e. The zero-order chi connectivity index (χ0) is 13.1. The summed E-state index contributed by atoms with van der Waals surface area (Å²) in [5.74, 6) is -1.37. The first-order chi connectivity index (χ1) is 8.58. The first-order valence-electron chi connectivity index (χ1n) is 6.06. The Labute approximate surface area is 105 Å². The molecule has 0 spiro atoms. The second kappa shape index (κ2) is 5.73. The fraction of sp³-hybridized carbons (Fsp3) is 0.538. The standard InChI is InChI=1S/C13H17F2NO2/c1-8-12(4-5-18-8)16-7-13(17)10-3-2-9(14)6-11(10)15/h2-3,6,8,12-13,16-17H,4-5,7H2,1H3. The van der Waals surface area contributed by atoms with E-state index in [9.17, 15) is 13.9 Å². The molecule has 3 nitrogen and oxygen atoms in total. The monoisotopic (exact) mass is 257 g/mol. The van der Waals surface area contributed by atoms with Crippen LogP contribution in [0.1, 0.15) is 25.0 Å². The molecule has 0 bridgehead atoms. The van der Waals surface area contributed by atoms with Gasteiger partial charge in [0.25, 0.3) is 0 Å². The second-order valence-corrected chi connectivity index (χ2v) is 4.56. The van der Waals surface area contributed by atoms with Crippen LogP contribution >= 0.6 is 0 Å². The van der Waals surface area contributed by atoms with Crippen LogP contribution in [0.15, 0.2) is 18.2 Å². The van der Waals surface area contributed by atoms with E-state index in [0.717, 1.165) is 18.6 Å². The second-order valence-electron chi connectivity index (χ2n) is 4.56. The summed E-state index contributed by atoms with van der Waals surface area (Å²) in [5, 5.41) is 13.0.